The highest BCUT2D eigenvalue weighted by molar-refractivity contribution is 7.11. The van der Waals surface area contributed by atoms with Crippen LogP contribution < -0.4 is 5.32 Å². The number of amides is 1. The van der Waals surface area contributed by atoms with Crippen LogP contribution in [0, 0.1) is 12.8 Å². The number of halogens is 1. The van der Waals surface area contributed by atoms with Crippen molar-refractivity contribution in [3.05, 3.63) is 21.9 Å². The minimum absolute atomic E-state index is 0.223. The molecule has 1 amide bonds. The highest BCUT2D eigenvalue weighted by atomic mass is 32.1. The molecule has 1 saturated heterocycles. The van der Waals surface area contributed by atoms with Gasteiger partial charge in [0.15, 0.2) is 0 Å². The fraction of sp³-hybridized carbons (Fsp3) is 0.688. The molecule has 116 valence electrons. The number of carbonyl (C=O) groups excluding carboxylic acids is 1. The molecule has 2 heterocycles. The second-order valence-corrected chi connectivity index (χ2v) is 7.82. The van der Waals surface area contributed by atoms with Gasteiger partial charge in [0.25, 0.3) is 5.91 Å². The third-order valence-electron chi connectivity index (χ3n) is 4.35. The molecule has 5 heteroatoms. The van der Waals surface area contributed by atoms with Crippen LogP contribution in [0.15, 0.2) is 12.1 Å². The molecule has 3 nitrogen and oxygen atoms in total. The van der Waals surface area contributed by atoms with Crippen LogP contribution in [0.4, 0.5) is 4.39 Å². The fourth-order valence-electron chi connectivity index (χ4n) is 2.92. The van der Waals surface area contributed by atoms with Crippen LogP contribution in [0.2, 0.25) is 0 Å². The lowest BCUT2D eigenvalue weighted by molar-refractivity contribution is -0.136. The Balaban J connectivity index is 1.56. The van der Waals surface area contributed by atoms with Gasteiger partial charge in [-0.2, -0.15) is 0 Å². The first-order valence-electron chi connectivity index (χ1n) is 7.80. The number of piperidine rings is 1. The van der Waals surface area contributed by atoms with Gasteiger partial charge in [0, 0.05) is 29.4 Å². The van der Waals surface area contributed by atoms with Crippen LogP contribution in [0.25, 0.3) is 0 Å². The molecule has 3 rings (SSSR count). The third-order valence-corrected chi connectivity index (χ3v) is 5.34. The molecule has 2 fully saturated rings. The van der Waals surface area contributed by atoms with Crippen LogP contribution in [-0.2, 0) is 11.3 Å². The summed E-state index contributed by atoms with van der Waals surface area (Å²) in [6.07, 6.45) is 3.44. The van der Waals surface area contributed by atoms with E-state index in [0.29, 0.717) is 18.9 Å². The number of alkyl halides is 1. The summed E-state index contributed by atoms with van der Waals surface area (Å²) in [6.45, 7) is 4.57. The van der Waals surface area contributed by atoms with Gasteiger partial charge in [-0.1, -0.05) is 0 Å². The van der Waals surface area contributed by atoms with Gasteiger partial charge in [-0.15, -0.1) is 11.3 Å². The van der Waals surface area contributed by atoms with Gasteiger partial charge in [0.05, 0.1) is 0 Å². The lowest BCUT2D eigenvalue weighted by atomic mass is 9.93. The number of likely N-dealkylation sites (tertiary alicyclic amines) is 1. The van der Waals surface area contributed by atoms with Crippen LogP contribution in [0.1, 0.15) is 35.4 Å². The maximum absolute atomic E-state index is 14.9. The monoisotopic (exact) mass is 310 g/mol. The first-order valence-corrected chi connectivity index (χ1v) is 8.62. The molecule has 21 heavy (non-hydrogen) atoms. The number of nitrogens with zero attached hydrogens (tertiary/aromatic N) is 1. The summed E-state index contributed by atoms with van der Waals surface area (Å²) in [5, 5.41) is 2.81. The Bertz CT molecular complexity index is 514. The van der Waals surface area contributed by atoms with Crippen molar-refractivity contribution in [1.29, 1.82) is 0 Å². The molecule has 0 bridgehead atoms. The molecule has 1 aliphatic heterocycles. The van der Waals surface area contributed by atoms with E-state index < -0.39 is 11.6 Å². The minimum Gasteiger partial charge on any atom is -0.353 e. The van der Waals surface area contributed by atoms with E-state index in [9.17, 15) is 9.18 Å². The topological polar surface area (TPSA) is 32.3 Å². The standard InChI is InChI=1S/C16H23FN2OS/c1-12-3-6-14(21-12)10-19-8-2-7-16(17,11-19)15(20)18-9-13-4-5-13/h3,6,13H,2,4-5,7-11H2,1H3,(H,18,20). The number of hydrogen-bond donors (Lipinski definition) is 1. The zero-order valence-electron chi connectivity index (χ0n) is 12.5. The zero-order valence-corrected chi connectivity index (χ0v) is 13.3. The molecule has 0 radical (unpaired) electrons. The Kier molecular flexibility index (Phi) is 4.31. The maximum Gasteiger partial charge on any atom is 0.259 e. The van der Waals surface area contributed by atoms with Gasteiger partial charge in [-0.05, 0) is 57.2 Å². The predicted octanol–water partition coefficient (Wildman–Crippen LogP) is 2.89. The zero-order chi connectivity index (χ0) is 14.9. The van der Waals surface area contributed by atoms with E-state index in [0.717, 1.165) is 19.5 Å². The van der Waals surface area contributed by atoms with Gasteiger partial charge >= 0.3 is 0 Å². The van der Waals surface area contributed by atoms with Crippen molar-refractivity contribution in [3.8, 4) is 0 Å². The Hall–Kier alpha value is -0.940. The first kappa shape index (κ1) is 15.0. The normalized spacial score (nSPS) is 26.8. The molecule has 1 aromatic heterocycles. The van der Waals surface area contributed by atoms with Gasteiger partial charge in [-0.25, -0.2) is 4.39 Å². The largest absolute Gasteiger partial charge is 0.353 e. The third kappa shape index (κ3) is 3.83. The van der Waals surface area contributed by atoms with E-state index in [1.807, 2.05) is 0 Å². The summed E-state index contributed by atoms with van der Waals surface area (Å²) < 4.78 is 14.9. The van der Waals surface area contributed by atoms with Crippen LogP contribution in [-0.4, -0.2) is 36.1 Å². The number of aryl methyl sites for hydroxylation is 1. The summed E-state index contributed by atoms with van der Waals surface area (Å²) in [5.74, 6) is 0.188. The quantitative estimate of drug-likeness (QED) is 0.907. The fourth-order valence-corrected chi connectivity index (χ4v) is 3.86. The summed E-state index contributed by atoms with van der Waals surface area (Å²) in [5.41, 5.74) is -1.71. The number of carbonyl (C=O) groups is 1. The first-order chi connectivity index (χ1) is 10.0. The van der Waals surface area contributed by atoms with E-state index in [1.165, 1.54) is 22.6 Å². The molecule has 0 spiro atoms. The Labute approximate surface area is 129 Å². The van der Waals surface area contributed by atoms with Crippen molar-refractivity contribution < 1.29 is 9.18 Å². The Morgan fingerprint density at radius 1 is 1.52 bits per heavy atom. The number of thiophene rings is 1. The van der Waals surface area contributed by atoms with Crippen molar-refractivity contribution in [3.63, 3.8) is 0 Å². The molecular weight excluding hydrogens is 287 g/mol. The van der Waals surface area contributed by atoms with E-state index in [1.54, 1.807) is 11.3 Å². The summed E-state index contributed by atoms with van der Waals surface area (Å²) in [4.78, 5) is 16.7. The van der Waals surface area contributed by atoms with Gasteiger partial charge in [0.2, 0.25) is 5.67 Å². The van der Waals surface area contributed by atoms with Gasteiger partial charge in [-0.3, -0.25) is 9.69 Å². The summed E-state index contributed by atoms with van der Waals surface area (Å²) in [6, 6.07) is 4.19. The van der Waals surface area contributed by atoms with E-state index >= 15 is 0 Å². The lowest BCUT2D eigenvalue weighted by Crippen LogP contribution is -2.54. The summed E-state index contributed by atoms with van der Waals surface area (Å²) in [7, 11) is 0. The second-order valence-electron chi connectivity index (χ2n) is 6.45. The smallest absolute Gasteiger partial charge is 0.259 e. The molecule has 1 atom stereocenters. The minimum atomic E-state index is -1.71. The molecule has 1 unspecified atom stereocenters. The average molecular weight is 310 g/mol. The summed E-state index contributed by atoms with van der Waals surface area (Å²) >= 11 is 1.75. The number of hydrogen-bond acceptors (Lipinski definition) is 3. The second kappa shape index (κ2) is 6.05. The number of rotatable bonds is 5. The Morgan fingerprint density at radius 3 is 3.00 bits per heavy atom. The van der Waals surface area contributed by atoms with Crippen molar-refractivity contribution in [2.24, 2.45) is 5.92 Å². The van der Waals surface area contributed by atoms with Crippen LogP contribution in [0.5, 0.6) is 0 Å². The maximum atomic E-state index is 14.9. The molecule has 1 aromatic rings. The van der Waals surface area contributed by atoms with E-state index in [2.05, 4.69) is 29.3 Å². The van der Waals surface area contributed by atoms with Gasteiger partial charge < -0.3 is 5.32 Å². The molecular formula is C16H23FN2OS. The van der Waals surface area contributed by atoms with Crippen molar-refractivity contribution >= 4 is 17.2 Å². The van der Waals surface area contributed by atoms with Gasteiger partial charge in [0.1, 0.15) is 0 Å². The molecule has 1 N–H and O–H groups in total. The molecule has 1 saturated carbocycles. The molecule has 2 aliphatic rings. The van der Waals surface area contributed by atoms with Crippen molar-refractivity contribution in [2.75, 3.05) is 19.6 Å². The van der Waals surface area contributed by atoms with Crippen LogP contribution in [0.3, 0.4) is 0 Å². The van der Waals surface area contributed by atoms with E-state index in [-0.39, 0.29) is 6.54 Å². The van der Waals surface area contributed by atoms with Crippen molar-refractivity contribution in [2.45, 2.75) is 44.8 Å². The van der Waals surface area contributed by atoms with Crippen molar-refractivity contribution in [1.82, 2.24) is 10.2 Å². The highest BCUT2D eigenvalue weighted by Crippen LogP contribution is 2.30. The van der Waals surface area contributed by atoms with Crippen LogP contribution >= 0.6 is 11.3 Å². The molecule has 1 aliphatic carbocycles. The highest BCUT2D eigenvalue weighted by Gasteiger charge is 2.42. The average Bonchev–Trinajstić information content (AvgIpc) is 3.19. The SMILES string of the molecule is Cc1ccc(CN2CCCC(F)(C(=O)NCC3CC3)C2)s1. The molecule has 0 aromatic carbocycles. The van der Waals surface area contributed by atoms with E-state index in [4.69, 9.17) is 0 Å². The Morgan fingerprint density at radius 2 is 2.33 bits per heavy atom. The number of nitrogens with one attached hydrogen (secondary N) is 1. The lowest BCUT2D eigenvalue weighted by Gasteiger charge is -2.36. The predicted molar refractivity (Wildman–Crippen MR) is 83.1 cm³/mol.